The molecule has 0 bridgehead atoms. The van der Waals surface area contributed by atoms with E-state index in [1.165, 1.54) is 23.3 Å². The van der Waals surface area contributed by atoms with Crippen molar-refractivity contribution in [3.8, 4) is 10.4 Å². The fraction of sp³-hybridized carbons (Fsp3) is 0.438. The molecule has 1 saturated carbocycles. The summed E-state index contributed by atoms with van der Waals surface area (Å²) in [6, 6.07) is 10.4. The van der Waals surface area contributed by atoms with Gasteiger partial charge in [-0.3, -0.25) is 0 Å². The maximum atomic E-state index is 6.17. The molecule has 1 aliphatic carbocycles. The second kappa shape index (κ2) is 5.70. The molecule has 0 aliphatic heterocycles. The average Bonchev–Trinajstić information content (AvgIpc) is 2.98. The maximum absolute atomic E-state index is 6.17. The summed E-state index contributed by atoms with van der Waals surface area (Å²) in [7, 11) is 0. The second-order valence-corrected chi connectivity index (χ2v) is 7.14. The smallest absolute Gasteiger partial charge is 0.197 e. The molecular weight excluding hydrogens is 286 g/mol. The lowest BCUT2D eigenvalue weighted by molar-refractivity contribution is 0.0148. The van der Waals surface area contributed by atoms with Crippen molar-refractivity contribution in [3.05, 3.63) is 40.0 Å². The summed E-state index contributed by atoms with van der Waals surface area (Å²) in [5.41, 5.74) is 2.33. The summed E-state index contributed by atoms with van der Waals surface area (Å²) in [5, 5.41) is 0. The molecule has 106 valence electrons. The molecule has 1 aliphatic rings. The zero-order valence-electron chi connectivity index (χ0n) is 11.8. The Bertz CT molecular complexity index is 644. The van der Waals surface area contributed by atoms with Crippen LogP contribution < -0.4 is 4.84 Å². The van der Waals surface area contributed by atoms with Gasteiger partial charge in [0.25, 0.3) is 0 Å². The van der Waals surface area contributed by atoms with Crippen LogP contribution in [-0.4, -0.2) is 10.8 Å². The van der Waals surface area contributed by atoms with Crippen LogP contribution in [0.1, 0.15) is 31.9 Å². The quantitative estimate of drug-likeness (QED) is 0.751. The lowest BCUT2D eigenvalue weighted by Crippen LogP contribution is -2.27. The lowest BCUT2D eigenvalue weighted by Gasteiger charge is -2.19. The van der Waals surface area contributed by atoms with Gasteiger partial charge in [0.05, 0.1) is 10.6 Å². The van der Waals surface area contributed by atoms with Gasteiger partial charge in [-0.25, -0.2) is 0 Å². The van der Waals surface area contributed by atoms with Gasteiger partial charge in [-0.2, -0.15) is 4.73 Å². The van der Waals surface area contributed by atoms with Gasteiger partial charge in [0, 0.05) is 0 Å². The number of rotatable bonds is 3. The molecule has 0 saturated heterocycles. The highest BCUT2D eigenvalue weighted by molar-refractivity contribution is 7.73. The van der Waals surface area contributed by atoms with Gasteiger partial charge in [0.15, 0.2) is 3.95 Å². The zero-order chi connectivity index (χ0) is 14.1. The summed E-state index contributed by atoms with van der Waals surface area (Å²) in [4.78, 5) is 7.38. The van der Waals surface area contributed by atoms with Gasteiger partial charge in [0.2, 0.25) is 0 Å². The van der Waals surface area contributed by atoms with Gasteiger partial charge in [-0.05, 0) is 49.9 Å². The van der Waals surface area contributed by atoms with E-state index < -0.39 is 0 Å². The Morgan fingerprint density at radius 1 is 1.25 bits per heavy atom. The van der Waals surface area contributed by atoms with E-state index in [4.69, 9.17) is 17.1 Å². The molecule has 4 heteroatoms. The molecular formula is C16H19NOS2. The lowest BCUT2D eigenvalue weighted by atomic mass is 10.1. The van der Waals surface area contributed by atoms with Crippen molar-refractivity contribution in [2.45, 2.75) is 39.2 Å². The third kappa shape index (κ3) is 2.54. The second-order valence-electron chi connectivity index (χ2n) is 5.49. The first-order valence-corrected chi connectivity index (χ1v) is 8.34. The molecule has 1 heterocycles. The van der Waals surface area contributed by atoms with Crippen LogP contribution >= 0.6 is 23.6 Å². The van der Waals surface area contributed by atoms with E-state index in [9.17, 15) is 0 Å². The fourth-order valence-corrected chi connectivity index (χ4v) is 4.17. The van der Waals surface area contributed by atoms with E-state index in [0.717, 1.165) is 16.1 Å². The van der Waals surface area contributed by atoms with Crippen molar-refractivity contribution in [3.63, 3.8) is 0 Å². The van der Waals surface area contributed by atoms with Gasteiger partial charge >= 0.3 is 0 Å². The van der Waals surface area contributed by atoms with Crippen molar-refractivity contribution in [2.24, 2.45) is 5.92 Å². The van der Waals surface area contributed by atoms with Crippen LogP contribution in [-0.2, 0) is 0 Å². The van der Waals surface area contributed by atoms with Gasteiger partial charge in [-0.15, -0.1) is 11.3 Å². The number of thiazole rings is 1. The number of hydrogen-bond acceptors (Lipinski definition) is 3. The molecule has 1 fully saturated rings. The number of nitrogens with zero attached hydrogens (tertiary/aromatic N) is 1. The van der Waals surface area contributed by atoms with Crippen LogP contribution in [0.4, 0.5) is 0 Å². The third-order valence-corrected chi connectivity index (χ3v) is 5.54. The van der Waals surface area contributed by atoms with Gasteiger partial charge in [-0.1, -0.05) is 37.3 Å². The fourth-order valence-electron chi connectivity index (χ4n) is 2.81. The zero-order valence-corrected chi connectivity index (χ0v) is 13.5. The maximum Gasteiger partial charge on any atom is 0.197 e. The first-order valence-electron chi connectivity index (χ1n) is 7.12. The Kier molecular flexibility index (Phi) is 3.94. The van der Waals surface area contributed by atoms with E-state index in [1.54, 1.807) is 11.3 Å². The highest BCUT2D eigenvalue weighted by atomic mass is 32.1. The van der Waals surface area contributed by atoms with Crippen molar-refractivity contribution in [1.29, 1.82) is 0 Å². The Hall–Kier alpha value is -1.13. The van der Waals surface area contributed by atoms with E-state index >= 15 is 0 Å². The predicted octanol–water partition coefficient (Wildman–Crippen LogP) is 4.87. The SMILES string of the molecule is Cc1c(-c2ccccc2)sc(=S)n1O[C@@H]1CCC[C@@H]1C. The molecule has 2 atom stereocenters. The summed E-state index contributed by atoms with van der Waals surface area (Å²) in [6.45, 7) is 4.36. The Balaban J connectivity index is 1.93. The topological polar surface area (TPSA) is 14.2 Å². The summed E-state index contributed by atoms with van der Waals surface area (Å²) in [5.74, 6) is 0.622. The largest absolute Gasteiger partial charge is 0.408 e. The van der Waals surface area contributed by atoms with Crippen molar-refractivity contribution in [1.82, 2.24) is 4.73 Å². The monoisotopic (exact) mass is 305 g/mol. The van der Waals surface area contributed by atoms with E-state index in [0.29, 0.717) is 12.0 Å². The number of hydrogen-bond donors (Lipinski definition) is 0. The van der Waals surface area contributed by atoms with Gasteiger partial charge < -0.3 is 4.84 Å². The molecule has 0 radical (unpaired) electrons. The number of benzene rings is 1. The molecule has 0 spiro atoms. The minimum Gasteiger partial charge on any atom is -0.408 e. The molecule has 1 aromatic heterocycles. The molecule has 3 rings (SSSR count). The first-order chi connectivity index (χ1) is 9.66. The predicted molar refractivity (Wildman–Crippen MR) is 86.7 cm³/mol. The Morgan fingerprint density at radius 2 is 2.00 bits per heavy atom. The third-order valence-electron chi connectivity index (χ3n) is 4.05. The van der Waals surface area contributed by atoms with Crippen LogP contribution in [0, 0.1) is 16.8 Å². The molecule has 20 heavy (non-hydrogen) atoms. The van der Waals surface area contributed by atoms with E-state index in [2.05, 4.69) is 38.1 Å². The summed E-state index contributed by atoms with van der Waals surface area (Å²) >= 11 is 7.12. The average molecular weight is 305 g/mol. The Morgan fingerprint density at radius 3 is 2.65 bits per heavy atom. The van der Waals surface area contributed by atoms with Crippen LogP contribution in [0.5, 0.6) is 0 Å². The minimum absolute atomic E-state index is 0.304. The van der Waals surface area contributed by atoms with E-state index in [-0.39, 0.29) is 0 Å². The first kappa shape index (κ1) is 13.8. The summed E-state index contributed by atoms with van der Waals surface area (Å²) < 4.78 is 2.68. The van der Waals surface area contributed by atoms with Crippen molar-refractivity contribution < 1.29 is 4.84 Å². The molecule has 0 unspecified atom stereocenters. The normalized spacial score (nSPS) is 22.1. The Labute approximate surface area is 129 Å². The highest BCUT2D eigenvalue weighted by Gasteiger charge is 2.26. The highest BCUT2D eigenvalue weighted by Crippen LogP contribution is 2.32. The molecule has 2 nitrogen and oxygen atoms in total. The van der Waals surface area contributed by atoms with Crippen molar-refractivity contribution in [2.75, 3.05) is 0 Å². The van der Waals surface area contributed by atoms with Crippen LogP contribution in [0.3, 0.4) is 0 Å². The van der Waals surface area contributed by atoms with Crippen LogP contribution in [0.25, 0.3) is 10.4 Å². The van der Waals surface area contributed by atoms with Crippen molar-refractivity contribution >= 4 is 23.6 Å². The molecule has 1 aromatic carbocycles. The standard InChI is InChI=1S/C16H19NOS2/c1-11-7-6-10-14(11)18-17-12(2)15(20-16(17)19)13-8-4-3-5-9-13/h3-5,8-9,11,14H,6-7,10H2,1-2H3/t11-,14+/m0/s1. The molecule has 0 amide bonds. The molecule has 2 aromatic rings. The van der Waals surface area contributed by atoms with Crippen LogP contribution in [0.2, 0.25) is 0 Å². The summed E-state index contributed by atoms with van der Waals surface area (Å²) in [6.07, 6.45) is 3.96. The van der Waals surface area contributed by atoms with E-state index in [1.807, 2.05) is 10.8 Å². The minimum atomic E-state index is 0.304. The van der Waals surface area contributed by atoms with Crippen LogP contribution in [0.15, 0.2) is 30.3 Å². The van der Waals surface area contributed by atoms with Gasteiger partial charge in [0.1, 0.15) is 6.10 Å². The number of aromatic nitrogens is 1. The molecule has 0 N–H and O–H groups in total.